The van der Waals surface area contributed by atoms with Crippen molar-refractivity contribution in [3.05, 3.63) is 47.4 Å². The summed E-state index contributed by atoms with van der Waals surface area (Å²) in [6, 6.07) is 6.30. The molecule has 0 bridgehead atoms. The molecular formula is C12H11FN4O. The van der Waals surface area contributed by atoms with Crippen LogP contribution >= 0.6 is 0 Å². The Labute approximate surface area is 103 Å². The maximum absolute atomic E-state index is 13.1. The van der Waals surface area contributed by atoms with E-state index in [1.807, 2.05) is 6.07 Å². The quantitative estimate of drug-likeness (QED) is 0.807. The molecule has 1 aromatic carbocycles. The van der Waals surface area contributed by atoms with Gasteiger partial charge in [-0.1, -0.05) is 11.2 Å². The molecule has 0 aliphatic carbocycles. The van der Waals surface area contributed by atoms with Gasteiger partial charge in [0.25, 0.3) is 0 Å². The highest BCUT2D eigenvalue weighted by Crippen LogP contribution is 2.09. The molecule has 2 aromatic rings. The number of hydrogen-bond acceptors (Lipinski definition) is 5. The van der Waals surface area contributed by atoms with Crippen LogP contribution in [0, 0.1) is 17.1 Å². The smallest absolute Gasteiger partial charge is 0.227 e. The van der Waals surface area contributed by atoms with E-state index in [2.05, 4.69) is 15.5 Å². The zero-order valence-electron chi connectivity index (χ0n) is 9.56. The molecule has 1 aromatic heterocycles. The zero-order valence-corrected chi connectivity index (χ0v) is 9.56. The largest absolute Gasteiger partial charge is 0.340 e. The average Bonchev–Trinajstić information content (AvgIpc) is 2.89. The molecule has 0 aliphatic heterocycles. The van der Waals surface area contributed by atoms with E-state index in [0.29, 0.717) is 25.4 Å². The van der Waals surface area contributed by atoms with Crippen LogP contribution in [0.15, 0.2) is 29.0 Å². The van der Waals surface area contributed by atoms with Gasteiger partial charge in [0.1, 0.15) is 11.9 Å². The number of nitrogens with zero attached hydrogens (tertiary/aromatic N) is 3. The summed E-state index contributed by atoms with van der Waals surface area (Å²) >= 11 is 0. The van der Waals surface area contributed by atoms with E-state index in [1.165, 1.54) is 18.5 Å². The summed E-state index contributed by atoms with van der Waals surface area (Å²) in [5, 5.41) is 15.4. The maximum atomic E-state index is 13.1. The average molecular weight is 246 g/mol. The molecule has 0 atom stereocenters. The van der Waals surface area contributed by atoms with Crippen molar-refractivity contribution >= 4 is 0 Å². The first-order valence-corrected chi connectivity index (χ1v) is 5.44. The highest BCUT2D eigenvalue weighted by atomic mass is 19.1. The van der Waals surface area contributed by atoms with Crippen molar-refractivity contribution in [3.63, 3.8) is 0 Å². The van der Waals surface area contributed by atoms with Crippen molar-refractivity contribution in [2.24, 2.45) is 0 Å². The van der Waals surface area contributed by atoms with Gasteiger partial charge in [-0.05, 0) is 17.7 Å². The molecule has 1 heterocycles. The molecule has 0 unspecified atom stereocenters. The van der Waals surface area contributed by atoms with E-state index in [9.17, 15) is 4.39 Å². The molecule has 18 heavy (non-hydrogen) atoms. The van der Waals surface area contributed by atoms with Crippen molar-refractivity contribution in [2.45, 2.75) is 13.0 Å². The zero-order chi connectivity index (χ0) is 12.8. The second kappa shape index (κ2) is 5.89. The van der Waals surface area contributed by atoms with E-state index >= 15 is 0 Å². The summed E-state index contributed by atoms with van der Waals surface area (Å²) in [5.41, 5.74) is 0.921. The first kappa shape index (κ1) is 12.2. The minimum absolute atomic E-state index is 0.0613. The number of rotatable bonds is 5. The van der Waals surface area contributed by atoms with Crippen LogP contribution in [0.3, 0.4) is 0 Å². The van der Waals surface area contributed by atoms with Crippen LogP contribution in [0.2, 0.25) is 0 Å². The van der Waals surface area contributed by atoms with E-state index < -0.39 is 5.82 Å². The van der Waals surface area contributed by atoms with Gasteiger partial charge in [-0.2, -0.15) is 10.2 Å². The standard InChI is InChI=1S/C12H11FN4O/c13-11-2-1-9(5-10(11)6-14)7-15-4-3-12-16-8-17-18-12/h1-2,5,8,15H,3-4,7H2. The van der Waals surface area contributed by atoms with Crippen LogP contribution in [0.5, 0.6) is 0 Å². The Hall–Kier alpha value is -2.26. The number of halogens is 1. The van der Waals surface area contributed by atoms with Crippen LogP contribution in [0.1, 0.15) is 17.0 Å². The molecule has 92 valence electrons. The number of hydrogen-bond donors (Lipinski definition) is 1. The molecule has 5 nitrogen and oxygen atoms in total. The Morgan fingerprint density at radius 3 is 3.06 bits per heavy atom. The molecule has 1 N–H and O–H groups in total. The van der Waals surface area contributed by atoms with Crippen molar-refractivity contribution in [1.82, 2.24) is 15.5 Å². The Kier molecular flexibility index (Phi) is 3.99. The van der Waals surface area contributed by atoms with Gasteiger partial charge < -0.3 is 9.84 Å². The molecule has 0 aliphatic rings. The summed E-state index contributed by atoms with van der Waals surface area (Å²) < 4.78 is 17.9. The second-order valence-corrected chi connectivity index (χ2v) is 3.69. The molecule has 0 amide bonds. The van der Waals surface area contributed by atoms with E-state index in [0.717, 1.165) is 5.56 Å². The lowest BCUT2D eigenvalue weighted by Gasteiger charge is -2.04. The number of aromatic nitrogens is 2. The molecule has 6 heteroatoms. The van der Waals surface area contributed by atoms with Crippen LogP contribution < -0.4 is 5.32 Å². The van der Waals surface area contributed by atoms with Gasteiger partial charge in [-0.25, -0.2) is 4.39 Å². The van der Waals surface area contributed by atoms with Crippen LogP contribution in [-0.2, 0) is 13.0 Å². The lowest BCUT2D eigenvalue weighted by atomic mass is 10.1. The monoisotopic (exact) mass is 246 g/mol. The lowest BCUT2D eigenvalue weighted by Crippen LogP contribution is -2.16. The summed E-state index contributed by atoms with van der Waals surface area (Å²) in [7, 11) is 0. The fourth-order valence-electron chi connectivity index (χ4n) is 1.50. The van der Waals surface area contributed by atoms with Crippen LogP contribution in [-0.4, -0.2) is 16.7 Å². The summed E-state index contributed by atoms with van der Waals surface area (Å²) in [6.07, 6.45) is 1.99. The van der Waals surface area contributed by atoms with Crippen molar-refractivity contribution in [1.29, 1.82) is 5.26 Å². The van der Waals surface area contributed by atoms with Crippen molar-refractivity contribution in [3.8, 4) is 6.07 Å². The van der Waals surface area contributed by atoms with E-state index in [1.54, 1.807) is 6.07 Å². The van der Waals surface area contributed by atoms with Gasteiger partial charge in [0.15, 0.2) is 6.33 Å². The van der Waals surface area contributed by atoms with E-state index in [-0.39, 0.29) is 5.56 Å². The van der Waals surface area contributed by atoms with Gasteiger partial charge >= 0.3 is 0 Å². The first-order chi connectivity index (χ1) is 8.79. The highest BCUT2D eigenvalue weighted by Gasteiger charge is 2.03. The fourth-order valence-corrected chi connectivity index (χ4v) is 1.50. The molecule has 0 saturated carbocycles. The highest BCUT2D eigenvalue weighted by molar-refractivity contribution is 5.34. The molecular weight excluding hydrogens is 235 g/mol. The Bertz CT molecular complexity index is 548. The number of benzene rings is 1. The Balaban J connectivity index is 1.82. The molecule has 0 saturated heterocycles. The normalized spacial score (nSPS) is 10.2. The molecule has 0 spiro atoms. The van der Waals surface area contributed by atoms with Crippen molar-refractivity contribution in [2.75, 3.05) is 6.54 Å². The predicted octanol–water partition coefficient (Wildman–Crippen LogP) is 1.41. The lowest BCUT2D eigenvalue weighted by molar-refractivity contribution is 0.375. The maximum Gasteiger partial charge on any atom is 0.227 e. The fraction of sp³-hybridized carbons (Fsp3) is 0.250. The van der Waals surface area contributed by atoms with Gasteiger partial charge in [0, 0.05) is 19.5 Å². The molecule has 2 rings (SSSR count). The van der Waals surface area contributed by atoms with Crippen LogP contribution in [0.25, 0.3) is 0 Å². The third-order valence-electron chi connectivity index (χ3n) is 2.40. The molecule has 0 radical (unpaired) electrons. The van der Waals surface area contributed by atoms with E-state index in [4.69, 9.17) is 9.78 Å². The third kappa shape index (κ3) is 3.12. The van der Waals surface area contributed by atoms with Crippen LogP contribution in [0.4, 0.5) is 4.39 Å². The second-order valence-electron chi connectivity index (χ2n) is 3.69. The summed E-state index contributed by atoms with van der Waals surface area (Å²) in [4.78, 5) is 3.89. The first-order valence-electron chi connectivity index (χ1n) is 5.44. The summed E-state index contributed by atoms with van der Waals surface area (Å²) in [6.45, 7) is 1.23. The van der Waals surface area contributed by atoms with Gasteiger partial charge in [-0.15, -0.1) is 0 Å². The minimum atomic E-state index is -0.493. The third-order valence-corrected chi connectivity index (χ3v) is 2.40. The van der Waals surface area contributed by atoms with Gasteiger partial charge in [-0.3, -0.25) is 0 Å². The Morgan fingerprint density at radius 1 is 1.44 bits per heavy atom. The summed E-state index contributed by atoms with van der Waals surface area (Å²) in [5.74, 6) is 0.0754. The van der Waals surface area contributed by atoms with Gasteiger partial charge in [0.05, 0.1) is 5.56 Å². The minimum Gasteiger partial charge on any atom is -0.340 e. The number of nitrogens with one attached hydrogen (secondary N) is 1. The molecule has 0 fully saturated rings. The topological polar surface area (TPSA) is 74.7 Å². The Morgan fingerprint density at radius 2 is 2.33 bits per heavy atom. The SMILES string of the molecule is N#Cc1cc(CNCCc2ncno2)ccc1F. The van der Waals surface area contributed by atoms with Gasteiger partial charge in [0.2, 0.25) is 5.89 Å². The van der Waals surface area contributed by atoms with Crippen molar-refractivity contribution < 1.29 is 8.91 Å². The number of nitriles is 1. The predicted molar refractivity (Wildman–Crippen MR) is 60.8 cm³/mol.